The Hall–Kier alpha value is -0.290. The lowest BCUT2D eigenvalue weighted by atomic mass is 10.2. The molecule has 2 aliphatic carbocycles. The van der Waals surface area contributed by atoms with E-state index in [1.807, 2.05) is 11.8 Å². The topological polar surface area (TPSA) is 33.6 Å². The van der Waals surface area contributed by atoms with Crippen LogP contribution in [0.25, 0.3) is 0 Å². The van der Waals surface area contributed by atoms with Gasteiger partial charge in [0.2, 0.25) is 0 Å². The van der Waals surface area contributed by atoms with Gasteiger partial charge in [0.25, 0.3) is 0 Å². The van der Waals surface area contributed by atoms with E-state index < -0.39 is 0 Å². The molecule has 0 aliphatic heterocycles. The summed E-state index contributed by atoms with van der Waals surface area (Å²) in [6.07, 6.45) is 8.64. The molecule has 0 aromatic carbocycles. The van der Waals surface area contributed by atoms with Crippen molar-refractivity contribution in [2.45, 2.75) is 49.3 Å². The fourth-order valence-electron chi connectivity index (χ4n) is 2.67. The Labute approximate surface area is 105 Å². The van der Waals surface area contributed by atoms with Crippen molar-refractivity contribution >= 4 is 24.0 Å². The van der Waals surface area contributed by atoms with Crippen LogP contribution in [0.5, 0.6) is 0 Å². The minimum absolute atomic E-state index is 0.597. The quantitative estimate of drug-likeness (QED) is 0.842. The Bertz CT molecular complexity index is 433. The number of aromatic nitrogens is 3. The molecule has 0 amide bonds. The Morgan fingerprint density at radius 3 is 2.81 bits per heavy atom. The minimum atomic E-state index is 0.597. The third-order valence-corrected chi connectivity index (χ3v) is 5.11. The van der Waals surface area contributed by atoms with Crippen LogP contribution in [-0.2, 0) is 0 Å². The molecule has 2 unspecified atom stereocenters. The van der Waals surface area contributed by atoms with Gasteiger partial charge < -0.3 is 4.57 Å². The van der Waals surface area contributed by atoms with Gasteiger partial charge in [0.05, 0.1) is 0 Å². The molecule has 2 aliphatic rings. The van der Waals surface area contributed by atoms with Gasteiger partial charge in [-0.05, 0) is 50.6 Å². The second-order valence-electron chi connectivity index (χ2n) is 4.86. The lowest BCUT2D eigenvalue weighted by Gasteiger charge is -2.14. The number of rotatable bonds is 3. The number of H-pyrrole nitrogens is 1. The highest BCUT2D eigenvalue weighted by molar-refractivity contribution is 7.99. The van der Waals surface area contributed by atoms with E-state index in [2.05, 4.69) is 21.0 Å². The van der Waals surface area contributed by atoms with Crippen LogP contribution < -0.4 is 0 Å². The first-order chi connectivity index (χ1) is 7.79. The summed E-state index contributed by atoms with van der Waals surface area (Å²) in [6, 6.07) is 0.597. The van der Waals surface area contributed by atoms with Gasteiger partial charge in [-0.3, -0.25) is 5.10 Å². The monoisotopic (exact) mass is 255 g/mol. The first-order valence-electron chi connectivity index (χ1n) is 5.99. The second kappa shape index (κ2) is 4.18. The molecule has 3 nitrogen and oxygen atoms in total. The van der Waals surface area contributed by atoms with Crippen molar-refractivity contribution in [2.75, 3.05) is 6.26 Å². The minimum Gasteiger partial charge on any atom is -0.301 e. The molecule has 1 N–H and O–H groups in total. The summed E-state index contributed by atoms with van der Waals surface area (Å²) in [4.78, 5) is 0. The zero-order valence-electron chi connectivity index (χ0n) is 9.48. The van der Waals surface area contributed by atoms with Gasteiger partial charge >= 0.3 is 0 Å². The highest BCUT2D eigenvalue weighted by Crippen LogP contribution is 2.43. The summed E-state index contributed by atoms with van der Waals surface area (Å²) in [7, 11) is 0. The molecule has 1 heterocycles. The summed E-state index contributed by atoms with van der Waals surface area (Å²) in [5.74, 6) is 1.90. The third-order valence-electron chi connectivity index (χ3n) is 3.73. The van der Waals surface area contributed by atoms with Gasteiger partial charge in [0.1, 0.15) is 5.82 Å². The smallest absolute Gasteiger partial charge is 0.195 e. The van der Waals surface area contributed by atoms with Crippen molar-refractivity contribution in [2.24, 2.45) is 0 Å². The summed E-state index contributed by atoms with van der Waals surface area (Å²) in [6.45, 7) is 0. The van der Waals surface area contributed by atoms with Crippen LogP contribution in [0.2, 0.25) is 0 Å². The number of aromatic amines is 1. The van der Waals surface area contributed by atoms with Crippen LogP contribution in [0, 0.1) is 4.77 Å². The SMILES string of the molecule is CSC1CCC(n2c(C3CC3)n[nH]c2=S)C1. The Morgan fingerprint density at radius 1 is 1.38 bits per heavy atom. The molecule has 2 saturated carbocycles. The van der Waals surface area contributed by atoms with Gasteiger partial charge in [-0.1, -0.05) is 0 Å². The second-order valence-corrected chi connectivity index (χ2v) is 6.38. The number of nitrogens with one attached hydrogen (secondary N) is 1. The Kier molecular flexibility index (Phi) is 2.83. The molecule has 0 spiro atoms. The van der Waals surface area contributed by atoms with Crippen molar-refractivity contribution in [3.63, 3.8) is 0 Å². The fraction of sp³-hybridized carbons (Fsp3) is 0.818. The van der Waals surface area contributed by atoms with E-state index >= 15 is 0 Å². The zero-order chi connectivity index (χ0) is 11.1. The van der Waals surface area contributed by atoms with Crippen molar-refractivity contribution in [1.82, 2.24) is 14.8 Å². The molecule has 2 fully saturated rings. The van der Waals surface area contributed by atoms with E-state index in [0.717, 1.165) is 10.0 Å². The lowest BCUT2D eigenvalue weighted by molar-refractivity contribution is 0.493. The molecule has 2 atom stereocenters. The van der Waals surface area contributed by atoms with Gasteiger partial charge in [-0.2, -0.15) is 16.9 Å². The molecule has 0 radical (unpaired) electrons. The molecule has 0 saturated heterocycles. The van der Waals surface area contributed by atoms with Crippen molar-refractivity contribution < 1.29 is 0 Å². The van der Waals surface area contributed by atoms with Crippen molar-refractivity contribution in [3.8, 4) is 0 Å². The number of thioether (sulfide) groups is 1. The summed E-state index contributed by atoms with van der Waals surface area (Å²) in [5, 5.41) is 8.20. The van der Waals surface area contributed by atoms with Crippen molar-refractivity contribution in [1.29, 1.82) is 0 Å². The largest absolute Gasteiger partial charge is 0.301 e. The normalized spacial score (nSPS) is 29.8. The summed E-state index contributed by atoms with van der Waals surface area (Å²) >= 11 is 7.36. The van der Waals surface area contributed by atoms with E-state index in [0.29, 0.717) is 12.0 Å². The standard InChI is InChI=1S/C11H17N3S2/c1-16-9-5-4-8(6-9)14-10(7-2-3-7)12-13-11(14)15/h7-9H,2-6H2,1H3,(H,13,15). The predicted molar refractivity (Wildman–Crippen MR) is 69.6 cm³/mol. The van der Waals surface area contributed by atoms with Crippen LogP contribution >= 0.6 is 24.0 Å². The molecule has 16 heavy (non-hydrogen) atoms. The van der Waals surface area contributed by atoms with Crippen LogP contribution in [0.15, 0.2) is 0 Å². The van der Waals surface area contributed by atoms with Crippen LogP contribution in [0.3, 0.4) is 0 Å². The maximum atomic E-state index is 5.37. The average molecular weight is 255 g/mol. The molecular weight excluding hydrogens is 238 g/mol. The van der Waals surface area contributed by atoms with E-state index in [1.54, 1.807) is 0 Å². The fourth-order valence-corrected chi connectivity index (χ4v) is 3.74. The first kappa shape index (κ1) is 10.8. The van der Waals surface area contributed by atoms with Crippen LogP contribution in [-0.4, -0.2) is 26.3 Å². The van der Waals surface area contributed by atoms with Gasteiger partial charge in [-0.25, -0.2) is 0 Å². The summed E-state index contributed by atoms with van der Waals surface area (Å²) < 4.78 is 3.14. The third kappa shape index (κ3) is 1.84. The van der Waals surface area contributed by atoms with Crippen LogP contribution in [0.1, 0.15) is 49.9 Å². The average Bonchev–Trinajstić information content (AvgIpc) is 2.89. The lowest BCUT2D eigenvalue weighted by Crippen LogP contribution is -2.10. The Balaban J connectivity index is 1.88. The first-order valence-corrected chi connectivity index (χ1v) is 7.69. The van der Waals surface area contributed by atoms with Gasteiger partial charge in [0, 0.05) is 17.2 Å². The van der Waals surface area contributed by atoms with Crippen molar-refractivity contribution in [3.05, 3.63) is 10.6 Å². The van der Waals surface area contributed by atoms with E-state index in [-0.39, 0.29) is 0 Å². The van der Waals surface area contributed by atoms with Gasteiger partial charge in [0.15, 0.2) is 4.77 Å². The summed E-state index contributed by atoms with van der Waals surface area (Å²) in [5.41, 5.74) is 0. The number of hydrogen-bond acceptors (Lipinski definition) is 3. The zero-order valence-corrected chi connectivity index (χ0v) is 11.1. The molecule has 3 rings (SSSR count). The van der Waals surface area contributed by atoms with E-state index in [1.165, 1.54) is 37.9 Å². The van der Waals surface area contributed by atoms with E-state index in [9.17, 15) is 0 Å². The molecule has 1 aromatic rings. The number of nitrogens with zero attached hydrogens (tertiary/aromatic N) is 2. The number of hydrogen-bond donors (Lipinski definition) is 1. The Morgan fingerprint density at radius 2 is 2.19 bits per heavy atom. The molecule has 0 bridgehead atoms. The molecular formula is C11H17N3S2. The van der Waals surface area contributed by atoms with Gasteiger partial charge in [-0.15, -0.1) is 0 Å². The maximum absolute atomic E-state index is 5.37. The molecule has 88 valence electrons. The maximum Gasteiger partial charge on any atom is 0.195 e. The van der Waals surface area contributed by atoms with E-state index in [4.69, 9.17) is 12.2 Å². The highest BCUT2D eigenvalue weighted by atomic mass is 32.2. The molecule has 5 heteroatoms. The van der Waals surface area contributed by atoms with Crippen LogP contribution in [0.4, 0.5) is 0 Å². The highest BCUT2D eigenvalue weighted by Gasteiger charge is 2.33. The predicted octanol–water partition coefficient (Wildman–Crippen LogP) is 3.27. The molecule has 1 aromatic heterocycles.